The maximum absolute atomic E-state index is 10.8. The van der Waals surface area contributed by atoms with E-state index in [-0.39, 0.29) is 0 Å². The number of rotatable bonds is 2. The second-order valence-electron chi connectivity index (χ2n) is 7.62. The molecule has 1 aliphatic heterocycles. The van der Waals surface area contributed by atoms with E-state index in [2.05, 4.69) is 11.0 Å². The average molecular weight is 414 g/mol. The fourth-order valence-corrected chi connectivity index (χ4v) is 5.03. The molecule has 2 aliphatic rings. The van der Waals surface area contributed by atoms with Gasteiger partial charge in [0.2, 0.25) is 0 Å². The van der Waals surface area contributed by atoms with Gasteiger partial charge in [-0.3, -0.25) is 4.90 Å². The van der Waals surface area contributed by atoms with E-state index < -0.39 is 0 Å². The Morgan fingerprint density at radius 1 is 1.00 bits per heavy atom. The van der Waals surface area contributed by atoms with Gasteiger partial charge in [-0.25, -0.2) is 4.98 Å². The summed E-state index contributed by atoms with van der Waals surface area (Å²) >= 11 is 12.8. The normalized spacial score (nSPS) is 19.3. The molecule has 1 aliphatic carbocycles. The van der Waals surface area contributed by atoms with Gasteiger partial charge in [-0.15, -0.1) is 0 Å². The van der Waals surface area contributed by atoms with Crippen molar-refractivity contribution >= 4 is 23.2 Å². The first-order valence-corrected chi connectivity index (χ1v) is 10.4. The van der Waals surface area contributed by atoms with E-state index in [1.54, 1.807) is 0 Å². The molecule has 1 unspecified atom stereocenters. The van der Waals surface area contributed by atoms with Crippen LogP contribution in [0.3, 0.4) is 0 Å². The van der Waals surface area contributed by atoms with Crippen molar-refractivity contribution in [3.8, 4) is 11.4 Å². The van der Waals surface area contributed by atoms with E-state index in [9.17, 15) is 5.21 Å². The number of benzene rings is 2. The summed E-state index contributed by atoms with van der Waals surface area (Å²) in [5.74, 6) is 0.523. The van der Waals surface area contributed by atoms with Gasteiger partial charge in [0, 0.05) is 36.1 Å². The minimum atomic E-state index is 0.430. The number of nitrogens with zero attached hydrogens (tertiary/aromatic N) is 3. The van der Waals surface area contributed by atoms with Crippen LogP contribution >= 0.6 is 23.2 Å². The highest BCUT2D eigenvalue weighted by molar-refractivity contribution is 6.33. The summed E-state index contributed by atoms with van der Waals surface area (Å²) in [6.07, 6.45) is 3.94. The second-order valence-corrected chi connectivity index (χ2v) is 8.43. The molecule has 6 heteroatoms. The average Bonchev–Trinajstić information content (AvgIpc) is 3.04. The van der Waals surface area contributed by atoms with Gasteiger partial charge in [0.05, 0.1) is 16.4 Å². The van der Waals surface area contributed by atoms with Crippen LogP contribution in [0.5, 0.6) is 0 Å². The van der Waals surface area contributed by atoms with E-state index >= 15 is 0 Å². The largest absolute Gasteiger partial charge is 0.427 e. The van der Waals surface area contributed by atoms with Crippen LogP contribution in [0.25, 0.3) is 11.4 Å². The number of hydrogen-bond acceptors (Lipinski definition) is 3. The molecule has 0 saturated carbocycles. The van der Waals surface area contributed by atoms with Gasteiger partial charge in [0.15, 0.2) is 5.82 Å². The smallest absolute Gasteiger partial charge is 0.177 e. The number of halogens is 2. The SMILES string of the molecule is On1c(-c2ccccc2Cl)nc2c1CN(C1CCc3cccc(Cl)c3C1)CC2. The fraction of sp³-hybridized carbons (Fsp3) is 0.318. The van der Waals surface area contributed by atoms with Gasteiger partial charge >= 0.3 is 0 Å². The highest BCUT2D eigenvalue weighted by Gasteiger charge is 2.31. The molecular formula is C22H21Cl2N3O. The Balaban J connectivity index is 1.42. The molecule has 0 radical (unpaired) electrons. The molecule has 3 aromatic rings. The molecule has 0 saturated heterocycles. The van der Waals surface area contributed by atoms with Crippen molar-refractivity contribution in [3.05, 3.63) is 75.0 Å². The predicted octanol–water partition coefficient (Wildman–Crippen LogP) is 5.01. The van der Waals surface area contributed by atoms with Crippen LogP contribution in [-0.2, 0) is 25.8 Å². The molecule has 5 rings (SSSR count). The molecule has 0 bridgehead atoms. The Bertz CT molecular complexity index is 1050. The highest BCUT2D eigenvalue weighted by atomic mass is 35.5. The van der Waals surface area contributed by atoms with Gasteiger partial charge in [-0.05, 0) is 48.6 Å². The quantitative estimate of drug-likeness (QED) is 0.600. The summed E-state index contributed by atoms with van der Waals surface area (Å²) in [7, 11) is 0. The van der Waals surface area contributed by atoms with Crippen LogP contribution in [0, 0.1) is 0 Å². The van der Waals surface area contributed by atoms with E-state index in [0.29, 0.717) is 23.4 Å². The van der Waals surface area contributed by atoms with Crippen LogP contribution in [0.15, 0.2) is 42.5 Å². The van der Waals surface area contributed by atoms with E-state index in [0.717, 1.165) is 54.2 Å². The summed E-state index contributed by atoms with van der Waals surface area (Å²) in [6, 6.07) is 14.1. The van der Waals surface area contributed by atoms with Crippen molar-refractivity contribution in [3.63, 3.8) is 0 Å². The molecule has 0 spiro atoms. The Kier molecular flexibility index (Phi) is 4.58. The topological polar surface area (TPSA) is 41.3 Å². The van der Waals surface area contributed by atoms with Crippen LogP contribution in [0.2, 0.25) is 10.0 Å². The molecule has 1 N–H and O–H groups in total. The lowest BCUT2D eigenvalue weighted by Gasteiger charge is -2.37. The van der Waals surface area contributed by atoms with Crippen molar-refractivity contribution < 1.29 is 5.21 Å². The summed E-state index contributed by atoms with van der Waals surface area (Å²) in [5, 5.41) is 12.3. The second kappa shape index (κ2) is 7.11. The van der Waals surface area contributed by atoms with E-state index in [1.165, 1.54) is 15.9 Å². The number of fused-ring (bicyclic) bond motifs is 2. The molecule has 0 fully saturated rings. The third-order valence-electron chi connectivity index (χ3n) is 6.05. The van der Waals surface area contributed by atoms with E-state index in [4.69, 9.17) is 28.2 Å². The van der Waals surface area contributed by atoms with Crippen LogP contribution < -0.4 is 0 Å². The Morgan fingerprint density at radius 2 is 1.82 bits per heavy atom. The van der Waals surface area contributed by atoms with Crippen molar-refractivity contribution in [2.75, 3.05) is 6.54 Å². The Hall–Kier alpha value is -2.01. The molecule has 28 heavy (non-hydrogen) atoms. The molecule has 1 atom stereocenters. The van der Waals surface area contributed by atoms with Crippen molar-refractivity contribution in [2.24, 2.45) is 0 Å². The summed E-state index contributed by atoms with van der Waals surface area (Å²) < 4.78 is 1.23. The maximum atomic E-state index is 10.8. The minimum Gasteiger partial charge on any atom is -0.427 e. The van der Waals surface area contributed by atoms with Crippen LogP contribution in [0.1, 0.15) is 28.9 Å². The summed E-state index contributed by atoms with van der Waals surface area (Å²) in [4.78, 5) is 7.15. The third-order valence-corrected chi connectivity index (χ3v) is 6.74. The zero-order valence-corrected chi connectivity index (χ0v) is 16.9. The fourth-order valence-electron chi connectivity index (χ4n) is 4.54. The summed E-state index contributed by atoms with van der Waals surface area (Å²) in [6.45, 7) is 1.63. The first kappa shape index (κ1) is 18.0. The molecule has 4 nitrogen and oxygen atoms in total. The molecular weight excluding hydrogens is 393 g/mol. The van der Waals surface area contributed by atoms with Crippen LogP contribution in [-0.4, -0.2) is 32.4 Å². The van der Waals surface area contributed by atoms with Gasteiger partial charge in [0.25, 0.3) is 0 Å². The monoisotopic (exact) mass is 413 g/mol. The van der Waals surface area contributed by atoms with Gasteiger partial charge < -0.3 is 5.21 Å². The first-order valence-electron chi connectivity index (χ1n) is 9.67. The Morgan fingerprint density at radius 3 is 2.68 bits per heavy atom. The first-order chi connectivity index (χ1) is 13.6. The zero-order chi connectivity index (χ0) is 19.3. The standard InChI is InChI=1S/C22H21Cl2N3O/c23-18-6-2-1-5-16(18)22-25-20-10-11-26(13-21(20)27(22)28)15-9-8-14-4-3-7-19(24)17(14)12-15/h1-7,15,28H,8-13H2. The lowest BCUT2D eigenvalue weighted by Crippen LogP contribution is -2.42. The maximum Gasteiger partial charge on any atom is 0.177 e. The zero-order valence-electron chi connectivity index (χ0n) is 15.4. The molecule has 2 aromatic carbocycles. The number of aryl methyl sites for hydroxylation is 1. The number of aromatic nitrogens is 2. The number of imidazole rings is 1. The minimum absolute atomic E-state index is 0.430. The van der Waals surface area contributed by atoms with Gasteiger partial charge in [-0.1, -0.05) is 47.5 Å². The molecule has 2 heterocycles. The van der Waals surface area contributed by atoms with Crippen molar-refractivity contribution in [1.82, 2.24) is 14.6 Å². The van der Waals surface area contributed by atoms with Crippen molar-refractivity contribution in [1.29, 1.82) is 0 Å². The lowest BCUT2D eigenvalue weighted by molar-refractivity contribution is 0.126. The number of hydrogen-bond donors (Lipinski definition) is 1. The molecule has 1 aromatic heterocycles. The third kappa shape index (κ3) is 3.00. The highest BCUT2D eigenvalue weighted by Crippen LogP contribution is 2.34. The van der Waals surface area contributed by atoms with Crippen LogP contribution in [0.4, 0.5) is 0 Å². The Labute approximate surface area is 174 Å². The summed E-state index contributed by atoms with van der Waals surface area (Å²) in [5.41, 5.74) is 5.23. The van der Waals surface area contributed by atoms with Gasteiger partial charge in [-0.2, -0.15) is 4.73 Å². The lowest BCUT2D eigenvalue weighted by atomic mass is 9.87. The van der Waals surface area contributed by atoms with Gasteiger partial charge in [0.1, 0.15) is 0 Å². The molecule has 0 amide bonds. The van der Waals surface area contributed by atoms with E-state index in [1.807, 2.05) is 36.4 Å². The predicted molar refractivity (Wildman–Crippen MR) is 111 cm³/mol. The molecule has 144 valence electrons. The van der Waals surface area contributed by atoms with Crippen molar-refractivity contribution in [2.45, 2.75) is 38.3 Å².